The van der Waals surface area contributed by atoms with Crippen molar-refractivity contribution < 1.29 is 19.4 Å². The number of thiophene rings is 1. The minimum atomic E-state index is -0.990. The Hall–Kier alpha value is -1.40. The van der Waals surface area contributed by atoms with E-state index in [1.54, 1.807) is 11.0 Å². The number of ether oxygens (including phenoxy) is 1. The highest BCUT2D eigenvalue weighted by Crippen LogP contribution is 2.22. The van der Waals surface area contributed by atoms with Gasteiger partial charge in [0.25, 0.3) is 5.91 Å². The summed E-state index contributed by atoms with van der Waals surface area (Å²) in [5.41, 5.74) is 0. The van der Waals surface area contributed by atoms with Crippen LogP contribution in [0.3, 0.4) is 0 Å². The number of hydrogen-bond acceptors (Lipinski definition) is 4. The molecule has 21 heavy (non-hydrogen) atoms. The monoisotopic (exact) mass is 311 g/mol. The van der Waals surface area contributed by atoms with Gasteiger partial charge in [-0.25, -0.2) is 4.79 Å². The number of nitrogens with zero attached hydrogens (tertiary/aromatic N) is 1. The largest absolute Gasteiger partial charge is 0.477 e. The van der Waals surface area contributed by atoms with Crippen LogP contribution in [-0.2, 0) is 4.74 Å². The van der Waals surface area contributed by atoms with Gasteiger partial charge in [0.15, 0.2) is 0 Å². The van der Waals surface area contributed by atoms with E-state index in [-0.39, 0.29) is 16.9 Å². The van der Waals surface area contributed by atoms with Gasteiger partial charge in [0.1, 0.15) is 4.88 Å². The van der Waals surface area contributed by atoms with Crippen LogP contribution in [0.1, 0.15) is 46.0 Å². The maximum Gasteiger partial charge on any atom is 0.345 e. The molecular formula is C15H21NO4S. The van der Waals surface area contributed by atoms with E-state index in [0.717, 1.165) is 30.8 Å². The number of carboxylic acid groups (broad SMARTS) is 1. The van der Waals surface area contributed by atoms with Crippen molar-refractivity contribution >= 4 is 23.2 Å². The fourth-order valence-electron chi connectivity index (χ4n) is 2.24. The fourth-order valence-corrected chi connectivity index (χ4v) is 3.06. The number of rotatable bonds is 6. The molecule has 0 aliphatic carbocycles. The number of carbonyl (C=O) groups excluding carboxylic acids is 1. The van der Waals surface area contributed by atoms with Crippen molar-refractivity contribution in [3.8, 4) is 0 Å². The smallest absolute Gasteiger partial charge is 0.345 e. The minimum absolute atomic E-state index is 0.0949. The molecule has 1 unspecified atom stereocenters. The molecule has 0 aromatic carbocycles. The summed E-state index contributed by atoms with van der Waals surface area (Å²) in [7, 11) is 0. The van der Waals surface area contributed by atoms with E-state index >= 15 is 0 Å². The Balaban J connectivity index is 1.85. The highest BCUT2D eigenvalue weighted by molar-refractivity contribution is 7.15. The van der Waals surface area contributed by atoms with Crippen molar-refractivity contribution in [2.24, 2.45) is 5.92 Å². The molecule has 1 saturated heterocycles. The van der Waals surface area contributed by atoms with Crippen molar-refractivity contribution in [3.05, 3.63) is 21.9 Å². The van der Waals surface area contributed by atoms with Gasteiger partial charge in [-0.05, 0) is 30.9 Å². The van der Waals surface area contributed by atoms with Gasteiger partial charge in [0, 0.05) is 19.7 Å². The second kappa shape index (κ2) is 7.04. The van der Waals surface area contributed by atoms with Gasteiger partial charge < -0.3 is 14.7 Å². The van der Waals surface area contributed by atoms with Crippen LogP contribution in [0.4, 0.5) is 0 Å². The standard InChI is InChI=1S/C15H21NO4S/c1-10(2)6-8-20-11-5-7-16(9-11)14(17)12-3-4-13(21-12)15(18)19/h3-4,10-11H,5-9H2,1-2H3,(H,18,19). The van der Waals surface area contributed by atoms with Crippen LogP contribution in [0.15, 0.2) is 12.1 Å². The molecule has 1 aliphatic heterocycles. The molecular weight excluding hydrogens is 290 g/mol. The third-order valence-electron chi connectivity index (χ3n) is 3.51. The lowest BCUT2D eigenvalue weighted by atomic mass is 10.1. The normalized spacial score (nSPS) is 18.4. The molecule has 5 nitrogen and oxygen atoms in total. The molecule has 1 amide bonds. The van der Waals surface area contributed by atoms with Crippen molar-refractivity contribution in [1.82, 2.24) is 4.90 Å². The summed E-state index contributed by atoms with van der Waals surface area (Å²) in [6.07, 6.45) is 1.98. The summed E-state index contributed by atoms with van der Waals surface area (Å²) in [5.74, 6) is -0.470. The molecule has 0 spiro atoms. The SMILES string of the molecule is CC(C)CCOC1CCN(C(=O)c2ccc(C(=O)O)s2)C1. The number of carboxylic acids is 1. The van der Waals surface area contributed by atoms with E-state index in [0.29, 0.717) is 23.9 Å². The maximum atomic E-state index is 12.3. The quantitative estimate of drug-likeness (QED) is 0.877. The molecule has 1 aromatic heterocycles. The second-order valence-corrected chi connectivity index (χ2v) is 6.77. The molecule has 1 aliphatic rings. The van der Waals surface area contributed by atoms with Crippen LogP contribution >= 0.6 is 11.3 Å². The van der Waals surface area contributed by atoms with E-state index in [4.69, 9.17) is 9.84 Å². The van der Waals surface area contributed by atoms with Gasteiger partial charge in [-0.2, -0.15) is 0 Å². The number of likely N-dealkylation sites (tertiary alicyclic amines) is 1. The minimum Gasteiger partial charge on any atom is -0.477 e. The first-order chi connectivity index (χ1) is 9.97. The number of aromatic carboxylic acids is 1. The van der Waals surface area contributed by atoms with Crippen molar-refractivity contribution in [2.45, 2.75) is 32.8 Å². The Kier molecular flexibility index (Phi) is 5.36. The molecule has 1 fully saturated rings. The predicted molar refractivity (Wildman–Crippen MR) is 81.0 cm³/mol. The van der Waals surface area contributed by atoms with E-state index in [9.17, 15) is 9.59 Å². The summed E-state index contributed by atoms with van der Waals surface area (Å²) in [6, 6.07) is 3.07. The molecule has 1 atom stereocenters. The highest BCUT2D eigenvalue weighted by atomic mass is 32.1. The summed E-state index contributed by atoms with van der Waals surface area (Å²) in [6.45, 7) is 6.31. The lowest BCUT2D eigenvalue weighted by Gasteiger charge is -2.16. The zero-order valence-corrected chi connectivity index (χ0v) is 13.2. The zero-order valence-electron chi connectivity index (χ0n) is 12.4. The van der Waals surface area contributed by atoms with Crippen LogP contribution in [0.25, 0.3) is 0 Å². The van der Waals surface area contributed by atoms with Crippen LogP contribution in [0.2, 0.25) is 0 Å². The molecule has 116 valence electrons. The molecule has 0 radical (unpaired) electrons. The first-order valence-corrected chi connectivity index (χ1v) is 8.03. The highest BCUT2D eigenvalue weighted by Gasteiger charge is 2.28. The van der Waals surface area contributed by atoms with Gasteiger partial charge in [-0.15, -0.1) is 11.3 Å². The third-order valence-corrected chi connectivity index (χ3v) is 4.57. The molecule has 0 saturated carbocycles. The van der Waals surface area contributed by atoms with Gasteiger partial charge in [0.2, 0.25) is 0 Å². The van der Waals surface area contributed by atoms with E-state index < -0.39 is 5.97 Å². The van der Waals surface area contributed by atoms with Gasteiger partial charge in [-0.1, -0.05) is 13.8 Å². The molecule has 1 N–H and O–H groups in total. The topological polar surface area (TPSA) is 66.8 Å². The third kappa shape index (κ3) is 4.28. The predicted octanol–water partition coefficient (Wildman–Crippen LogP) is 2.72. The Morgan fingerprint density at radius 2 is 2.14 bits per heavy atom. The Bertz CT molecular complexity index is 512. The van der Waals surface area contributed by atoms with E-state index in [2.05, 4.69) is 13.8 Å². The van der Waals surface area contributed by atoms with Gasteiger partial charge >= 0.3 is 5.97 Å². The number of amides is 1. The van der Waals surface area contributed by atoms with E-state index in [1.165, 1.54) is 6.07 Å². The fraction of sp³-hybridized carbons (Fsp3) is 0.600. The number of hydrogen-bond donors (Lipinski definition) is 1. The lowest BCUT2D eigenvalue weighted by Crippen LogP contribution is -2.29. The van der Waals surface area contributed by atoms with Crippen molar-refractivity contribution in [2.75, 3.05) is 19.7 Å². The van der Waals surface area contributed by atoms with Crippen molar-refractivity contribution in [3.63, 3.8) is 0 Å². The summed E-state index contributed by atoms with van der Waals surface area (Å²) >= 11 is 1.03. The Morgan fingerprint density at radius 1 is 1.43 bits per heavy atom. The van der Waals surface area contributed by atoms with Crippen LogP contribution in [0, 0.1) is 5.92 Å². The first kappa shape index (κ1) is 16.0. The first-order valence-electron chi connectivity index (χ1n) is 7.21. The average Bonchev–Trinajstić information content (AvgIpc) is 3.06. The Labute approximate surface area is 128 Å². The molecule has 2 rings (SSSR count). The van der Waals surface area contributed by atoms with Crippen LogP contribution < -0.4 is 0 Å². The Morgan fingerprint density at radius 3 is 2.76 bits per heavy atom. The molecule has 0 bridgehead atoms. The van der Waals surface area contributed by atoms with Crippen LogP contribution in [-0.4, -0.2) is 47.7 Å². The van der Waals surface area contributed by atoms with Gasteiger partial charge in [-0.3, -0.25) is 4.79 Å². The average molecular weight is 311 g/mol. The summed E-state index contributed by atoms with van der Waals surface area (Å²) in [5, 5.41) is 8.89. The maximum absolute atomic E-state index is 12.3. The second-order valence-electron chi connectivity index (χ2n) is 5.68. The van der Waals surface area contributed by atoms with Crippen LogP contribution in [0.5, 0.6) is 0 Å². The number of carbonyl (C=O) groups is 2. The lowest BCUT2D eigenvalue weighted by molar-refractivity contribution is 0.0485. The molecule has 1 aromatic rings. The summed E-state index contributed by atoms with van der Waals surface area (Å²) in [4.78, 5) is 25.6. The summed E-state index contributed by atoms with van der Waals surface area (Å²) < 4.78 is 5.79. The molecule has 6 heteroatoms. The van der Waals surface area contributed by atoms with Gasteiger partial charge in [0.05, 0.1) is 11.0 Å². The molecule has 2 heterocycles. The zero-order chi connectivity index (χ0) is 15.4. The van der Waals surface area contributed by atoms with E-state index in [1.807, 2.05) is 0 Å². The van der Waals surface area contributed by atoms with Crippen molar-refractivity contribution in [1.29, 1.82) is 0 Å².